The van der Waals surface area contributed by atoms with Crippen LogP contribution >= 0.6 is 0 Å². The Balaban J connectivity index is 0.000000170. The minimum Gasteiger partial charge on any atom is -0.457 e. The molecule has 4 aliphatic carbocycles. The van der Waals surface area contributed by atoms with E-state index in [0.717, 1.165) is 141 Å². The van der Waals surface area contributed by atoms with Crippen molar-refractivity contribution >= 4 is 56.8 Å². The highest BCUT2D eigenvalue weighted by Crippen LogP contribution is 2.62. The van der Waals surface area contributed by atoms with Crippen LogP contribution in [0.5, 0.6) is 11.5 Å². The molecule has 5 aromatic carbocycles. The van der Waals surface area contributed by atoms with Crippen LogP contribution < -0.4 is 61.6 Å². The Morgan fingerprint density at radius 1 is 0.360 bits per heavy atom. The molecular weight excluding hydrogens is 1430 g/mol. The second-order valence-electron chi connectivity index (χ2n) is 33.4. The van der Waals surface area contributed by atoms with Gasteiger partial charge in [0.2, 0.25) is 0 Å². The average Bonchev–Trinajstić information content (AvgIpc) is 1.59. The lowest BCUT2D eigenvalue weighted by Gasteiger charge is -2.44. The number of hydrogen-bond acceptors (Lipinski definition) is 19. The zero-order chi connectivity index (χ0) is 81.8. The maximum atomic E-state index is 11.5. The molecule has 114 heavy (non-hydrogen) atoms. The fourth-order valence-corrected chi connectivity index (χ4v) is 19.8. The number of anilines is 2. The molecule has 0 radical (unpaired) electrons. The molecule has 19 nitrogen and oxygen atoms in total. The first-order valence-electron chi connectivity index (χ1n) is 44.1. The van der Waals surface area contributed by atoms with Crippen molar-refractivity contribution in [2.45, 2.75) is 279 Å². The average molecular weight is 1570 g/mol. The largest absolute Gasteiger partial charge is 0.457 e. The van der Waals surface area contributed by atoms with Gasteiger partial charge in [0, 0.05) is 11.4 Å². The van der Waals surface area contributed by atoms with E-state index < -0.39 is 46.4 Å². The Hall–Kier alpha value is -8.10. The highest BCUT2D eigenvalue weighted by atomic mass is 16.6. The number of unbranched alkanes of at least 4 members (excludes halogenated alkanes) is 18. The summed E-state index contributed by atoms with van der Waals surface area (Å²) in [5, 5.41) is -0.0726. The van der Waals surface area contributed by atoms with Crippen LogP contribution in [0, 0.1) is 59.2 Å². The first-order valence-corrected chi connectivity index (χ1v) is 44.1. The number of hydrogen-bond donors (Lipinski definition) is 6. The van der Waals surface area contributed by atoms with E-state index in [2.05, 4.69) is 84.1 Å². The molecule has 4 heterocycles. The van der Waals surface area contributed by atoms with Crippen molar-refractivity contribution in [3.63, 3.8) is 0 Å². The van der Waals surface area contributed by atoms with Crippen molar-refractivity contribution in [1.82, 2.24) is 0 Å². The van der Waals surface area contributed by atoms with Gasteiger partial charge in [-0.1, -0.05) is 207 Å². The fraction of sp³-hybridized carbons (Fsp3) is 0.600. The summed E-state index contributed by atoms with van der Waals surface area (Å²) in [5.74, 6) is 7.56. The molecule has 2 aliphatic heterocycles. The predicted molar refractivity (Wildman–Crippen MR) is 458 cm³/mol. The molecule has 0 saturated heterocycles. The molecule has 4 saturated carbocycles. The number of nitrogens with two attached hydrogens (primary N) is 6. The van der Waals surface area contributed by atoms with Crippen molar-refractivity contribution in [3.05, 3.63) is 170 Å². The van der Waals surface area contributed by atoms with Gasteiger partial charge < -0.3 is 57.4 Å². The normalized spacial score (nSPS) is 20.9. The third kappa shape index (κ3) is 23.8. The summed E-state index contributed by atoms with van der Waals surface area (Å²) in [4.78, 5) is 90.5. The number of carbonyl (C=O) groups is 4. The van der Waals surface area contributed by atoms with E-state index in [1.54, 1.807) is 19.3 Å². The van der Waals surface area contributed by atoms with Gasteiger partial charge >= 0.3 is 46.4 Å². The van der Waals surface area contributed by atoms with Gasteiger partial charge in [-0.3, -0.25) is 0 Å². The van der Waals surface area contributed by atoms with Crippen LogP contribution in [0.1, 0.15) is 322 Å². The number of benzene rings is 5. The molecule has 2 aromatic heterocycles. The third-order valence-corrected chi connectivity index (χ3v) is 26.0. The number of fused-ring (bicyclic) bond motifs is 9. The maximum Gasteiger partial charge on any atom is 0.347 e. The number of carbonyl (C=O) groups excluding carboxylic acids is 4. The van der Waals surface area contributed by atoms with Gasteiger partial charge in [-0.2, -0.15) is 0 Å². The third-order valence-electron chi connectivity index (χ3n) is 26.0. The molecule has 6 aliphatic rings. The summed E-state index contributed by atoms with van der Waals surface area (Å²) < 4.78 is 23.2. The van der Waals surface area contributed by atoms with E-state index in [9.17, 15) is 38.4 Å². The Kier molecular flexibility index (Phi) is 35.8. The fourth-order valence-electron chi connectivity index (χ4n) is 19.8. The van der Waals surface area contributed by atoms with Crippen molar-refractivity contribution < 1.29 is 42.2 Å². The van der Waals surface area contributed by atoms with Crippen LogP contribution in [-0.4, -0.2) is 50.1 Å². The van der Waals surface area contributed by atoms with E-state index in [0.29, 0.717) is 0 Å². The standard InChI is InChI=1S/C36H74N2.C21H30N2.C16H6O7.C12H22N2.C10H2O6/c1-3-5-7-9-15-21-27-35-33(25-19-8-6-4-2)29-30-34(26-20-14-10-12-17-23-31-37)36(35)28-22-16-11-13-18-24-32-38;1-5-16-10-14(11-17(6-2)20(16)22)9-15-12-18(7-3)21(23)19(8-4)13-15;17-13-9-3-1-7(5-11(9)15(19)22-13)21-8-2-4-10-12(6-8)16(20)23-14(10)18;13-5-7-1-10-8-3-9(6-14)11(4-8)12(10)2-7;11-7-3-1-4-6(10(14)16-8(4)12)2-5(3)9(13)15-7/h33-36H,3-32,37-38H2,1-2H3;10-13H,5-9,22-23H2,1-4H3;1-6H;7-12H,1-6,13-14H2;1-2H. The lowest BCUT2D eigenvalue weighted by atomic mass is 9.61. The van der Waals surface area contributed by atoms with Gasteiger partial charge in [-0.05, 0) is 264 Å². The molecule has 622 valence electrons. The van der Waals surface area contributed by atoms with Gasteiger partial charge in [0.1, 0.15) is 11.5 Å². The molecule has 2 bridgehead atoms. The number of esters is 4. The summed E-state index contributed by atoms with van der Waals surface area (Å²) in [6.45, 7) is 17.0. The van der Waals surface area contributed by atoms with Crippen LogP contribution in [0.3, 0.4) is 0 Å². The number of furan rings is 2. The zero-order valence-corrected chi connectivity index (χ0v) is 69.5. The van der Waals surface area contributed by atoms with E-state index in [1.165, 1.54) is 256 Å². The summed E-state index contributed by atoms with van der Waals surface area (Å²) >= 11 is 0. The predicted octanol–water partition coefficient (Wildman–Crippen LogP) is 18.8. The van der Waals surface area contributed by atoms with Gasteiger partial charge in [0.25, 0.3) is 0 Å². The minimum atomic E-state index is -0.824. The van der Waals surface area contributed by atoms with Gasteiger partial charge in [-0.15, -0.1) is 0 Å². The van der Waals surface area contributed by atoms with E-state index >= 15 is 0 Å². The Morgan fingerprint density at radius 3 is 1.10 bits per heavy atom. The van der Waals surface area contributed by atoms with Gasteiger partial charge in [0.05, 0.1) is 43.8 Å². The molecular formula is C95H134N6O13. The summed E-state index contributed by atoms with van der Waals surface area (Å²) in [6.07, 6.45) is 51.0. The molecule has 7 aromatic rings. The van der Waals surface area contributed by atoms with Crippen LogP contribution in [-0.2, 0) is 41.6 Å². The van der Waals surface area contributed by atoms with Crippen LogP contribution in [0.2, 0.25) is 0 Å². The summed E-state index contributed by atoms with van der Waals surface area (Å²) in [6, 6.07) is 19.9. The van der Waals surface area contributed by atoms with Gasteiger partial charge in [0.15, 0.2) is 0 Å². The molecule has 0 amide bonds. The number of cyclic esters (lactones) is 4. The SMILES string of the molecule is CCCCCCCCC1C(CCCCCC)CCC(CCCCCCCCN)C1CCCCCCCCN.CCc1cc(Cc2cc(CC)c(N)c(CC)c2)cc(CC)c1N.NCC1CC2C3CC(CN)C(C3)C2C1.O=C1OC(=O)c2cc(Oc3ccc4c(c3)C(=O)OC4=O)ccc21.O=c1oc(=O)c2cc3c(=O)oc(=O)c3cc12. The molecule has 13 rings (SSSR count). The van der Waals surface area contributed by atoms with Crippen molar-refractivity contribution in [2.24, 2.45) is 82.1 Å². The van der Waals surface area contributed by atoms with Gasteiger partial charge in [-0.25, -0.2) is 38.4 Å². The second-order valence-corrected chi connectivity index (χ2v) is 33.4. The number of rotatable bonds is 38. The Labute approximate surface area is 676 Å². The lowest BCUT2D eigenvalue weighted by molar-refractivity contribution is 0.0425. The van der Waals surface area contributed by atoms with Crippen molar-refractivity contribution in [1.29, 1.82) is 0 Å². The maximum absolute atomic E-state index is 11.5. The molecule has 12 N–H and O–H groups in total. The Bertz CT molecular complexity index is 4160. The Morgan fingerprint density at radius 2 is 0.719 bits per heavy atom. The number of aryl methyl sites for hydroxylation is 4. The molecule has 19 heteroatoms. The molecule has 10 unspecified atom stereocenters. The number of ether oxygens (including phenoxy) is 3. The molecule has 10 atom stereocenters. The van der Waals surface area contributed by atoms with E-state index in [-0.39, 0.29) is 55.3 Å². The monoisotopic (exact) mass is 1570 g/mol. The summed E-state index contributed by atoms with van der Waals surface area (Å²) in [7, 11) is 0. The highest BCUT2D eigenvalue weighted by Gasteiger charge is 2.55. The van der Waals surface area contributed by atoms with E-state index in [4.69, 9.17) is 39.1 Å². The van der Waals surface area contributed by atoms with Crippen molar-refractivity contribution in [3.8, 4) is 11.5 Å². The molecule has 0 spiro atoms. The minimum absolute atomic E-state index is 0.0181. The van der Waals surface area contributed by atoms with E-state index in [1.807, 2.05) is 0 Å². The lowest BCUT2D eigenvalue weighted by Crippen LogP contribution is -2.35. The summed E-state index contributed by atoms with van der Waals surface area (Å²) in [5.41, 5.74) is 42.5. The first-order chi connectivity index (χ1) is 55.2. The highest BCUT2D eigenvalue weighted by molar-refractivity contribution is 6.15. The van der Waals surface area contributed by atoms with Crippen molar-refractivity contribution in [2.75, 3.05) is 37.6 Å². The zero-order valence-electron chi connectivity index (χ0n) is 69.5. The first kappa shape index (κ1) is 89.8. The smallest absolute Gasteiger partial charge is 0.347 e. The second kappa shape index (κ2) is 45.4. The van der Waals surface area contributed by atoms with Crippen LogP contribution in [0.4, 0.5) is 11.4 Å². The quantitative estimate of drug-likeness (QED) is 0.00906. The molecule has 4 fully saturated rings. The van der Waals surface area contributed by atoms with Crippen LogP contribution in [0.15, 0.2) is 101 Å². The van der Waals surface area contributed by atoms with Crippen LogP contribution in [0.25, 0.3) is 21.5 Å². The number of nitrogen functional groups attached to an aromatic ring is 2. The topological polar surface area (TPSA) is 347 Å².